The van der Waals surface area contributed by atoms with Gasteiger partial charge in [-0.2, -0.15) is 0 Å². The number of carbonyl (C=O) groups excluding carboxylic acids is 1. The molecule has 1 amide bonds. The number of amides is 1. The van der Waals surface area contributed by atoms with Crippen LogP contribution in [0, 0.1) is 13.8 Å². The monoisotopic (exact) mass is 395 g/mol. The maximum absolute atomic E-state index is 12.5. The van der Waals surface area contributed by atoms with Gasteiger partial charge in [0.25, 0.3) is 0 Å². The first-order chi connectivity index (χ1) is 11.9. The Morgan fingerprint density at radius 3 is 2.76 bits per heavy atom. The summed E-state index contributed by atoms with van der Waals surface area (Å²) in [6.07, 6.45) is 0. The van der Waals surface area contributed by atoms with E-state index in [1.165, 1.54) is 11.3 Å². The summed E-state index contributed by atoms with van der Waals surface area (Å²) in [5.41, 5.74) is 2.90. The lowest BCUT2D eigenvalue weighted by Gasteiger charge is -2.10. The van der Waals surface area contributed by atoms with E-state index in [1.54, 1.807) is 25.1 Å². The largest absolute Gasteiger partial charge is 0.361 e. The van der Waals surface area contributed by atoms with E-state index in [4.69, 9.17) is 27.7 Å². The Morgan fingerprint density at radius 2 is 2.08 bits per heavy atom. The molecule has 1 N–H and O–H groups in total. The normalized spacial score (nSPS) is 12.2. The summed E-state index contributed by atoms with van der Waals surface area (Å²) in [5, 5.41) is 10.2. The van der Waals surface area contributed by atoms with Gasteiger partial charge in [-0.05, 0) is 39.0 Å². The predicted octanol–water partition coefficient (Wildman–Crippen LogP) is 5.46. The van der Waals surface area contributed by atoms with E-state index in [0.29, 0.717) is 32.3 Å². The molecule has 2 heterocycles. The Bertz CT molecular complexity index is 916. The van der Waals surface area contributed by atoms with E-state index in [2.05, 4.69) is 15.5 Å². The van der Waals surface area contributed by atoms with Gasteiger partial charge in [0.2, 0.25) is 5.91 Å². The second-order valence-corrected chi connectivity index (χ2v) is 7.31. The van der Waals surface area contributed by atoms with Gasteiger partial charge in [0.15, 0.2) is 5.13 Å². The van der Waals surface area contributed by atoms with Crippen molar-refractivity contribution in [2.45, 2.75) is 26.7 Å². The van der Waals surface area contributed by atoms with Crippen molar-refractivity contribution in [3.63, 3.8) is 0 Å². The smallest absolute Gasteiger partial charge is 0.233 e. The number of anilines is 1. The van der Waals surface area contributed by atoms with Crippen LogP contribution < -0.4 is 5.32 Å². The van der Waals surface area contributed by atoms with Crippen LogP contribution in [0.25, 0.3) is 11.3 Å². The number of thiazole rings is 1. The third-order valence-electron chi connectivity index (χ3n) is 3.85. The van der Waals surface area contributed by atoms with Gasteiger partial charge in [-0.3, -0.25) is 4.79 Å². The molecular weight excluding hydrogens is 381 g/mol. The van der Waals surface area contributed by atoms with E-state index >= 15 is 0 Å². The van der Waals surface area contributed by atoms with E-state index < -0.39 is 5.92 Å². The molecule has 0 aliphatic rings. The zero-order chi connectivity index (χ0) is 18.1. The standard InChI is InChI=1S/C17H15Cl2N3O2S/c1-8(15-9(2)22-24-10(15)3)16(23)21-17-20-14(7-25-17)12-6-11(18)4-5-13(12)19/h4-8H,1-3H3,(H,20,21,23). The van der Waals surface area contributed by atoms with E-state index in [0.717, 1.165) is 11.1 Å². The molecule has 130 valence electrons. The molecule has 25 heavy (non-hydrogen) atoms. The van der Waals surface area contributed by atoms with Gasteiger partial charge in [-0.1, -0.05) is 28.4 Å². The molecule has 3 rings (SSSR count). The lowest BCUT2D eigenvalue weighted by Crippen LogP contribution is -2.19. The van der Waals surface area contributed by atoms with Crippen molar-refractivity contribution in [2.24, 2.45) is 0 Å². The lowest BCUT2D eigenvalue weighted by atomic mass is 9.99. The minimum absolute atomic E-state index is 0.174. The fourth-order valence-electron chi connectivity index (χ4n) is 2.60. The summed E-state index contributed by atoms with van der Waals surface area (Å²) < 4.78 is 5.13. The van der Waals surface area contributed by atoms with Gasteiger partial charge in [-0.15, -0.1) is 11.3 Å². The number of carbonyl (C=O) groups is 1. The van der Waals surface area contributed by atoms with Gasteiger partial charge in [0.05, 0.1) is 22.3 Å². The summed E-state index contributed by atoms with van der Waals surface area (Å²) in [5.74, 6) is 0.0755. The Hall–Kier alpha value is -1.89. The summed E-state index contributed by atoms with van der Waals surface area (Å²) in [4.78, 5) is 17.0. The molecule has 8 heteroatoms. The highest BCUT2D eigenvalue weighted by atomic mass is 35.5. The van der Waals surface area contributed by atoms with Crippen molar-refractivity contribution in [2.75, 3.05) is 5.32 Å². The highest BCUT2D eigenvalue weighted by Gasteiger charge is 2.23. The summed E-state index contributed by atoms with van der Waals surface area (Å²) in [6.45, 7) is 5.42. The molecule has 0 spiro atoms. The fraction of sp³-hybridized carbons (Fsp3) is 0.235. The number of aromatic nitrogens is 2. The molecule has 1 unspecified atom stereocenters. The van der Waals surface area contributed by atoms with Crippen LogP contribution >= 0.6 is 34.5 Å². The SMILES string of the molecule is Cc1noc(C)c1C(C)C(=O)Nc1nc(-c2cc(Cl)ccc2Cl)cs1. The molecule has 0 aliphatic heterocycles. The number of hydrogen-bond acceptors (Lipinski definition) is 5. The Balaban J connectivity index is 1.79. The highest BCUT2D eigenvalue weighted by Crippen LogP contribution is 2.33. The molecule has 0 saturated heterocycles. The van der Waals surface area contributed by atoms with E-state index in [1.807, 2.05) is 19.2 Å². The van der Waals surface area contributed by atoms with Gasteiger partial charge >= 0.3 is 0 Å². The number of rotatable bonds is 4. The Kier molecular flexibility index (Phi) is 5.13. The van der Waals surface area contributed by atoms with Gasteiger partial charge < -0.3 is 9.84 Å². The Morgan fingerprint density at radius 1 is 1.32 bits per heavy atom. The lowest BCUT2D eigenvalue weighted by molar-refractivity contribution is -0.117. The zero-order valence-corrected chi connectivity index (χ0v) is 16.1. The van der Waals surface area contributed by atoms with Gasteiger partial charge in [-0.25, -0.2) is 4.98 Å². The Labute approximate surface area is 159 Å². The van der Waals surface area contributed by atoms with Crippen LogP contribution in [0.1, 0.15) is 29.9 Å². The second kappa shape index (κ2) is 7.15. The van der Waals surface area contributed by atoms with Crippen LogP contribution in [0.2, 0.25) is 10.0 Å². The van der Waals surface area contributed by atoms with E-state index in [-0.39, 0.29) is 5.91 Å². The first-order valence-corrected chi connectivity index (χ1v) is 9.15. The van der Waals surface area contributed by atoms with Crippen molar-refractivity contribution >= 4 is 45.6 Å². The zero-order valence-electron chi connectivity index (χ0n) is 13.8. The van der Waals surface area contributed by atoms with Crippen molar-refractivity contribution in [3.05, 3.63) is 50.6 Å². The molecule has 3 aromatic rings. The quantitative estimate of drug-likeness (QED) is 0.636. The van der Waals surface area contributed by atoms with Crippen LogP contribution in [0.3, 0.4) is 0 Å². The average molecular weight is 396 g/mol. The minimum atomic E-state index is -0.395. The summed E-state index contributed by atoms with van der Waals surface area (Å²) in [6, 6.07) is 5.18. The molecule has 1 atom stereocenters. The number of hydrogen-bond donors (Lipinski definition) is 1. The van der Waals surface area contributed by atoms with Crippen LogP contribution in [-0.2, 0) is 4.79 Å². The van der Waals surface area contributed by atoms with Crippen molar-refractivity contribution in [1.82, 2.24) is 10.1 Å². The molecule has 5 nitrogen and oxygen atoms in total. The maximum atomic E-state index is 12.5. The van der Waals surface area contributed by atoms with Crippen molar-refractivity contribution < 1.29 is 9.32 Å². The van der Waals surface area contributed by atoms with Crippen molar-refractivity contribution in [1.29, 1.82) is 0 Å². The fourth-order valence-corrected chi connectivity index (χ4v) is 3.70. The first kappa shape index (κ1) is 17.9. The number of nitrogens with zero attached hydrogens (tertiary/aromatic N) is 2. The van der Waals surface area contributed by atoms with Gasteiger partial charge in [0, 0.05) is 21.5 Å². The minimum Gasteiger partial charge on any atom is -0.361 e. The molecule has 0 saturated carbocycles. The number of halogens is 2. The molecule has 2 aromatic heterocycles. The molecule has 0 bridgehead atoms. The predicted molar refractivity (Wildman–Crippen MR) is 101 cm³/mol. The number of nitrogens with one attached hydrogen (secondary N) is 1. The van der Waals surface area contributed by atoms with E-state index in [9.17, 15) is 4.79 Å². The number of benzene rings is 1. The maximum Gasteiger partial charge on any atom is 0.233 e. The molecule has 0 radical (unpaired) electrons. The summed E-state index contributed by atoms with van der Waals surface area (Å²) in [7, 11) is 0. The molecular formula is C17H15Cl2N3O2S. The van der Waals surface area contributed by atoms with Crippen LogP contribution in [0.4, 0.5) is 5.13 Å². The van der Waals surface area contributed by atoms with Crippen LogP contribution in [0.5, 0.6) is 0 Å². The first-order valence-electron chi connectivity index (χ1n) is 7.51. The third kappa shape index (κ3) is 3.71. The third-order valence-corrected chi connectivity index (χ3v) is 5.18. The second-order valence-electron chi connectivity index (χ2n) is 5.61. The van der Waals surface area contributed by atoms with Crippen LogP contribution in [0.15, 0.2) is 28.1 Å². The summed E-state index contributed by atoms with van der Waals surface area (Å²) >= 11 is 13.5. The average Bonchev–Trinajstić information content (AvgIpc) is 3.16. The molecule has 0 aliphatic carbocycles. The molecule has 0 fully saturated rings. The molecule has 1 aromatic carbocycles. The topological polar surface area (TPSA) is 68.0 Å². The highest BCUT2D eigenvalue weighted by molar-refractivity contribution is 7.14. The number of aryl methyl sites for hydroxylation is 2. The van der Waals surface area contributed by atoms with Crippen LogP contribution in [-0.4, -0.2) is 16.0 Å². The van der Waals surface area contributed by atoms with Gasteiger partial charge in [0.1, 0.15) is 5.76 Å². The van der Waals surface area contributed by atoms with Crippen molar-refractivity contribution in [3.8, 4) is 11.3 Å².